The van der Waals surface area contributed by atoms with Crippen LogP contribution >= 0.6 is 0 Å². The van der Waals surface area contributed by atoms with Crippen molar-refractivity contribution in [3.63, 3.8) is 0 Å². The van der Waals surface area contributed by atoms with E-state index in [4.69, 9.17) is 5.73 Å². The molecular formula is C19H26N3O3+. The number of rotatable bonds is 2. The zero-order valence-corrected chi connectivity index (χ0v) is 15.1. The molecule has 6 nitrogen and oxygen atoms in total. The van der Waals surface area contributed by atoms with Gasteiger partial charge in [0, 0.05) is 35.4 Å². The van der Waals surface area contributed by atoms with Crippen LogP contribution in [0.2, 0.25) is 0 Å². The average Bonchev–Trinajstić information content (AvgIpc) is 2.52. The maximum Gasteiger partial charge on any atom is 0.346 e. The SMILES string of the molecule is CC1(N)C2CC3CC1C[N+](C(=O)c1ccc([N+](=O)[O-])cc1)(C2)C3(C)C. The number of carbonyl (C=O) groups excluding carboxylic acids is 1. The summed E-state index contributed by atoms with van der Waals surface area (Å²) in [4.78, 5) is 24.0. The van der Waals surface area contributed by atoms with Gasteiger partial charge in [0.15, 0.2) is 0 Å². The topological polar surface area (TPSA) is 86.2 Å². The zero-order chi connectivity index (χ0) is 18.2. The summed E-state index contributed by atoms with van der Waals surface area (Å²) in [7, 11) is 0. The molecule has 5 rings (SSSR count). The number of hydrogen-bond acceptors (Lipinski definition) is 4. The van der Waals surface area contributed by atoms with Crippen LogP contribution in [0.25, 0.3) is 0 Å². The molecule has 1 aliphatic carbocycles. The Hall–Kier alpha value is -1.79. The van der Waals surface area contributed by atoms with E-state index in [2.05, 4.69) is 20.8 Å². The summed E-state index contributed by atoms with van der Waals surface area (Å²) in [5.74, 6) is 1.32. The third-order valence-electron chi connectivity index (χ3n) is 7.78. The number of nitrogens with zero attached hydrogens (tertiary/aromatic N) is 2. The average molecular weight is 344 g/mol. The Morgan fingerprint density at radius 1 is 1.12 bits per heavy atom. The van der Waals surface area contributed by atoms with Gasteiger partial charge in [0.25, 0.3) is 5.69 Å². The number of piperidine rings is 3. The molecule has 3 saturated heterocycles. The Morgan fingerprint density at radius 2 is 1.64 bits per heavy atom. The molecule has 2 unspecified atom stereocenters. The van der Waals surface area contributed by atoms with E-state index in [1.165, 1.54) is 12.1 Å². The maximum atomic E-state index is 13.6. The van der Waals surface area contributed by atoms with E-state index in [9.17, 15) is 14.9 Å². The first kappa shape index (κ1) is 16.7. The molecule has 0 radical (unpaired) electrons. The van der Waals surface area contributed by atoms with Crippen LogP contribution in [0.5, 0.6) is 0 Å². The highest BCUT2D eigenvalue weighted by Gasteiger charge is 2.70. The van der Waals surface area contributed by atoms with Crippen LogP contribution in [-0.4, -0.2) is 39.5 Å². The highest BCUT2D eigenvalue weighted by atomic mass is 16.6. The first-order valence-corrected chi connectivity index (χ1v) is 9.05. The zero-order valence-electron chi connectivity index (χ0n) is 15.1. The predicted octanol–water partition coefficient (Wildman–Crippen LogP) is 2.72. The number of carbonyl (C=O) groups is 1. The molecule has 3 heterocycles. The molecule has 1 saturated carbocycles. The molecule has 4 bridgehead atoms. The molecule has 0 aromatic heterocycles. The van der Waals surface area contributed by atoms with E-state index in [0.29, 0.717) is 27.8 Å². The van der Waals surface area contributed by atoms with Crippen molar-refractivity contribution in [2.24, 2.45) is 23.5 Å². The third-order valence-corrected chi connectivity index (χ3v) is 7.78. The van der Waals surface area contributed by atoms with Gasteiger partial charge in [-0.3, -0.25) is 14.6 Å². The van der Waals surface area contributed by atoms with Gasteiger partial charge in [0.1, 0.15) is 5.54 Å². The predicted molar refractivity (Wildman–Crippen MR) is 93.8 cm³/mol. The molecule has 6 heteroatoms. The lowest BCUT2D eigenvalue weighted by Crippen LogP contribution is -2.83. The number of nitrogens with two attached hydrogens (primary N) is 1. The van der Waals surface area contributed by atoms with Crippen molar-refractivity contribution in [2.45, 2.75) is 44.7 Å². The van der Waals surface area contributed by atoms with E-state index < -0.39 is 4.92 Å². The third kappa shape index (κ3) is 2.01. The summed E-state index contributed by atoms with van der Waals surface area (Å²) in [5, 5.41) is 10.9. The van der Waals surface area contributed by atoms with Crippen LogP contribution in [0.15, 0.2) is 24.3 Å². The van der Waals surface area contributed by atoms with Crippen molar-refractivity contribution in [1.29, 1.82) is 0 Å². The minimum atomic E-state index is -0.433. The Bertz CT molecular complexity index is 736. The number of nitro groups is 1. The van der Waals surface area contributed by atoms with Crippen molar-refractivity contribution in [3.8, 4) is 0 Å². The second-order valence-corrected chi connectivity index (χ2v) is 9.02. The minimum absolute atomic E-state index is 0.0170. The number of quaternary nitrogens is 1. The number of hydrogen-bond donors (Lipinski definition) is 1. The van der Waals surface area contributed by atoms with Crippen LogP contribution in [0.4, 0.5) is 5.69 Å². The van der Waals surface area contributed by atoms with Crippen LogP contribution in [-0.2, 0) is 0 Å². The lowest BCUT2D eigenvalue weighted by Gasteiger charge is -2.69. The summed E-state index contributed by atoms with van der Waals surface area (Å²) >= 11 is 0. The van der Waals surface area contributed by atoms with Gasteiger partial charge in [0.2, 0.25) is 0 Å². The molecule has 4 fully saturated rings. The summed E-state index contributed by atoms with van der Waals surface area (Å²) in [6.45, 7) is 8.14. The number of amides is 1. The summed E-state index contributed by atoms with van der Waals surface area (Å²) in [6, 6.07) is 6.07. The van der Waals surface area contributed by atoms with Crippen LogP contribution in [0, 0.1) is 27.9 Å². The normalized spacial score (nSPS) is 40.9. The Morgan fingerprint density at radius 3 is 2.12 bits per heavy atom. The number of nitro benzene ring substituents is 1. The quantitative estimate of drug-likeness (QED) is 0.508. The lowest BCUT2D eigenvalue weighted by atomic mass is 9.52. The van der Waals surface area contributed by atoms with Gasteiger partial charge >= 0.3 is 5.91 Å². The highest BCUT2D eigenvalue weighted by molar-refractivity contribution is 5.89. The van der Waals surface area contributed by atoms with Gasteiger partial charge in [-0.25, -0.2) is 4.79 Å². The minimum Gasteiger partial charge on any atom is -0.324 e. The molecule has 3 aliphatic heterocycles. The van der Waals surface area contributed by atoms with Crippen LogP contribution in [0.3, 0.4) is 0 Å². The molecule has 1 amide bonds. The van der Waals surface area contributed by atoms with Crippen molar-refractivity contribution >= 4 is 11.6 Å². The Balaban J connectivity index is 1.75. The molecule has 0 spiro atoms. The second-order valence-electron chi connectivity index (χ2n) is 9.02. The van der Waals surface area contributed by atoms with E-state index in [-0.39, 0.29) is 22.7 Å². The first-order valence-electron chi connectivity index (χ1n) is 9.05. The van der Waals surface area contributed by atoms with Crippen molar-refractivity contribution in [3.05, 3.63) is 39.9 Å². The Kier molecular flexibility index (Phi) is 3.26. The van der Waals surface area contributed by atoms with Crippen LogP contribution in [0.1, 0.15) is 44.0 Å². The smallest absolute Gasteiger partial charge is 0.324 e. The lowest BCUT2D eigenvalue weighted by molar-refractivity contribution is -0.931. The Labute approximate surface area is 147 Å². The fourth-order valence-electron chi connectivity index (χ4n) is 5.79. The first-order chi connectivity index (χ1) is 11.6. The molecule has 1 aromatic rings. The molecule has 4 aliphatic rings. The fraction of sp³-hybridized carbons (Fsp3) is 0.632. The number of non-ortho nitro benzene ring substituents is 1. The molecule has 25 heavy (non-hydrogen) atoms. The summed E-state index contributed by atoms with van der Waals surface area (Å²) in [5.41, 5.74) is 6.93. The van der Waals surface area contributed by atoms with Crippen molar-refractivity contribution < 1.29 is 14.2 Å². The van der Waals surface area contributed by atoms with Gasteiger partial charge < -0.3 is 5.73 Å². The van der Waals surface area contributed by atoms with Gasteiger partial charge in [-0.2, -0.15) is 0 Å². The molecule has 1 aromatic carbocycles. The van der Waals surface area contributed by atoms with Crippen molar-refractivity contribution in [1.82, 2.24) is 0 Å². The molecule has 134 valence electrons. The molecule has 2 N–H and O–H groups in total. The van der Waals surface area contributed by atoms with E-state index in [1.54, 1.807) is 12.1 Å². The maximum absolute atomic E-state index is 13.6. The summed E-state index contributed by atoms with van der Waals surface area (Å²) in [6.07, 6.45) is 2.20. The largest absolute Gasteiger partial charge is 0.346 e. The van der Waals surface area contributed by atoms with E-state index >= 15 is 0 Å². The van der Waals surface area contributed by atoms with Crippen LogP contribution < -0.4 is 5.73 Å². The second kappa shape index (κ2) is 4.89. The fourth-order valence-corrected chi connectivity index (χ4v) is 5.79. The summed E-state index contributed by atoms with van der Waals surface area (Å²) < 4.78 is 0.442. The van der Waals surface area contributed by atoms with E-state index in [0.717, 1.165) is 25.9 Å². The monoisotopic (exact) mass is 344 g/mol. The van der Waals surface area contributed by atoms with E-state index in [1.807, 2.05) is 0 Å². The highest BCUT2D eigenvalue weighted by Crippen LogP contribution is 2.58. The van der Waals surface area contributed by atoms with Crippen molar-refractivity contribution in [2.75, 3.05) is 13.1 Å². The van der Waals surface area contributed by atoms with Gasteiger partial charge in [-0.05, 0) is 45.7 Å². The van der Waals surface area contributed by atoms with Gasteiger partial charge in [0.05, 0.1) is 23.6 Å². The standard InChI is InChI=1S/C19H26N3O3/c1-18(2)13-8-14-10-22(18,11-15(9-13)19(14,3)20)17(23)12-4-6-16(7-5-12)21(24)25/h4-7,13-15H,8-11,20H2,1-3H3/q+1. The van der Waals surface area contributed by atoms with Gasteiger partial charge in [-0.1, -0.05) is 0 Å². The number of benzene rings is 1. The van der Waals surface area contributed by atoms with Gasteiger partial charge in [-0.15, -0.1) is 0 Å². The molecule has 2 atom stereocenters. The molecular weight excluding hydrogens is 318 g/mol.